The molecule has 0 spiro atoms. The second-order valence-corrected chi connectivity index (χ2v) is 14.8. The zero-order valence-electron chi connectivity index (χ0n) is 31.1. The number of aryl methyl sites for hydroxylation is 2. The number of anilines is 1. The third kappa shape index (κ3) is 6.69. The summed E-state index contributed by atoms with van der Waals surface area (Å²) in [4.78, 5) is 31.7. The number of nitrogens with one attached hydrogen (secondary N) is 2. The number of hydrogen-bond acceptors (Lipinski definition) is 9. The molecular formula is C43H43N9O2. The Labute approximate surface area is 314 Å². The molecule has 8 rings (SSSR count). The van der Waals surface area contributed by atoms with Gasteiger partial charge in [0, 0.05) is 47.9 Å². The van der Waals surface area contributed by atoms with Gasteiger partial charge in [0.25, 0.3) is 0 Å². The number of likely N-dealkylation sites (tertiary alicyclic amines) is 1. The molecule has 2 aliphatic rings. The molecule has 0 radical (unpaired) electrons. The van der Waals surface area contributed by atoms with E-state index in [9.17, 15) is 14.9 Å². The molecule has 3 aromatic heterocycles. The number of fused-ring (bicyclic) bond motifs is 2. The van der Waals surface area contributed by atoms with E-state index in [0.29, 0.717) is 30.1 Å². The number of hydrogen-bond donors (Lipinski definition) is 2. The average Bonchev–Trinajstić information content (AvgIpc) is 3.51. The third-order valence-electron chi connectivity index (χ3n) is 11.3. The summed E-state index contributed by atoms with van der Waals surface area (Å²) in [5.41, 5.74) is 9.75. The minimum atomic E-state index is -0.400. The fourth-order valence-corrected chi connectivity index (χ4v) is 8.24. The molecule has 2 unspecified atom stereocenters. The summed E-state index contributed by atoms with van der Waals surface area (Å²) in [6, 6.07) is 25.3. The van der Waals surface area contributed by atoms with Crippen molar-refractivity contribution < 1.29 is 9.59 Å². The normalized spacial score (nSPS) is 17.4. The molecule has 2 amide bonds. The van der Waals surface area contributed by atoms with Gasteiger partial charge in [0.2, 0.25) is 11.8 Å². The summed E-state index contributed by atoms with van der Waals surface area (Å²) in [6.45, 7) is 8.86. The van der Waals surface area contributed by atoms with E-state index in [0.717, 1.165) is 87.9 Å². The van der Waals surface area contributed by atoms with Gasteiger partial charge < -0.3 is 5.32 Å². The van der Waals surface area contributed by atoms with Crippen LogP contribution in [0.25, 0.3) is 32.9 Å². The molecule has 2 atom stereocenters. The Balaban J connectivity index is 0.956. The fourth-order valence-electron chi connectivity index (χ4n) is 8.24. The van der Waals surface area contributed by atoms with Crippen LogP contribution in [-0.4, -0.2) is 54.8 Å². The molecule has 5 heterocycles. The van der Waals surface area contributed by atoms with Gasteiger partial charge in [-0.25, -0.2) is 0 Å². The monoisotopic (exact) mass is 717 g/mol. The number of nitriles is 1. The summed E-state index contributed by atoms with van der Waals surface area (Å²) in [6.07, 6.45) is 4.84. The smallest absolute Gasteiger partial charge is 0.235 e. The highest BCUT2D eigenvalue weighted by Gasteiger charge is 2.32. The number of carbonyl (C=O) groups excluding carboxylic acids is 2. The van der Waals surface area contributed by atoms with Gasteiger partial charge in [-0.15, -0.1) is 5.10 Å². The zero-order valence-corrected chi connectivity index (χ0v) is 31.1. The number of nitrogens with zero attached hydrogens (tertiary/aromatic N) is 7. The lowest BCUT2D eigenvalue weighted by Crippen LogP contribution is -2.39. The van der Waals surface area contributed by atoms with Crippen molar-refractivity contribution in [3.63, 3.8) is 0 Å². The molecule has 2 fully saturated rings. The van der Waals surface area contributed by atoms with Crippen LogP contribution in [0, 0.1) is 25.2 Å². The zero-order chi connectivity index (χ0) is 37.5. The highest BCUT2D eigenvalue weighted by atomic mass is 16.2. The van der Waals surface area contributed by atoms with E-state index < -0.39 is 5.92 Å². The number of piperidine rings is 2. The van der Waals surface area contributed by atoms with Gasteiger partial charge in [-0.05, 0) is 106 Å². The van der Waals surface area contributed by atoms with Crippen LogP contribution in [0.1, 0.15) is 89.7 Å². The van der Waals surface area contributed by atoms with E-state index in [2.05, 4.69) is 87.3 Å². The average molecular weight is 718 g/mol. The van der Waals surface area contributed by atoms with Crippen molar-refractivity contribution >= 4 is 39.3 Å². The Morgan fingerprint density at radius 1 is 0.963 bits per heavy atom. The summed E-state index contributed by atoms with van der Waals surface area (Å²) in [5, 5.41) is 32.2. The Hall–Kier alpha value is -5.99. The maximum atomic E-state index is 12.6. The Kier molecular flexibility index (Phi) is 9.38. The summed E-state index contributed by atoms with van der Waals surface area (Å²) < 4.78 is 1.87. The lowest BCUT2D eigenvalue weighted by Gasteiger charge is -2.32. The molecule has 0 aliphatic carbocycles. The maximum absolute atomic E-state index is 12.6. The van der Waals surface area contributed by atoms with E-state index >= 15 is 0 Å². The van der Waals surface area contributed by atoms with Crippen molar-refractivity contribution in [2.75, 3.05) is 18.4 Å². The summed E-state index contributed by atoms with van der Waals surface area (Å²) in [5.74, 6) is 0.265. The van der Waals surface area contributed by atoms with Crippen LogP contribution in [0.5, 0.6) is 0 Å². The number of imide groups is 1. The second kappa shape index (κ2) is 14.4. The largest absolute Gasteiger partial charge is 0.362 e. The van der Waals surface area contributed by atoms with Crippen molar-refractivity contribution in [1.29, 1.82) is 5.26 Å². The number of carbonyl (C=O) groups is 2. The molecule has 11 nitrogen and oxygen atoms in total. The molecule has 3 aromatic carbocycles. The Bertz CT molecular complexity index is 2470. The van der Waals surface area contributed by atoms with Crippen molar-refractivity contribution in [1.82, 2.24) is 35.2 Å². The van der Waals surface area contributed by atoms with Crippen LogP contribution in [0.2, 0.25) is 0 Å². The first-order chi connectivity index (χ1) is 26.2. The SMILES string of the molecule is Cc1c(C#N)cccc1C(C)Nc1nnc(C)c2cnc(-c3cccc(CN4CCC(c5ccc6c(C7CCC(=O)NC7=O)nn(C)c6c5)CC4)c3)cc12. The molecule has 272 valence electrons. The first kappa shape index (κ1) is 35.1. The fraction of sp³-hybridized carbons (Fsp3) is 0.326. The summed E-state index contributed by atoms with van der Waals surface area (Å²) >= 11 is 0. The van der Waals surface area contributed by atoms with Crippen LogP contribution >= 0.6 is 0 Å². The molecule has 54 heavy (non-hydrogen) atoms. The maximum Gasteiger partial charge on any atom is 0.235 e. The van der Waals surface area contributed by atoms with Gasteiger partial charge in [-0.2, -0.15) is 15.5 Å². The van der Waals surface area contributed by atoms with Gasteiger partial charge >= 0.3 is 0 Å². The van der Waals surface area contributed by atoms with Crippen molar-refractivity contribution in [3.8, 4) is 17.3 Å². The molecule has 2 N–H and O–H groups in total. The number of aromatic nitrogens is 5. The van der Waals surface area contributed by atoms with Crippen molar-refractivity contribution in [3.05, 3.63) is 112 Å². The van der Waals surface area contributed by atoms with E-state index in [1.54, 1.807) is 0 Å². The predicted octanol–water partition coefficient (Wildman–Crippen LogP) is 7.14. The third-order valence-corrected chi connectivity index (χ3v) is 11.3. The highest BCUT2D eigenvalue weighted by Crippen LogP contribution is 2.35. The minimum absolute atomic E-state index is 0.0847. The Morgan fingerprint density at radius 3 is 2.57 bits per heavy atom. The quantitative estimate of drug-likeness (QED) is 0.157. The lowest BCUT2D eigenvalue weighted by atomic mass is 9.87. The molecule has 2 saturated heterocycles. The van der Waals surface area contributed by atoms with Crippen LogP contribution in [0.4, 0.5) is 5.82 Å². The van der Waals surface area contributed by atoms with Gasteiger partial charge in [-0.1, -0.05) is 42.5 Å². The predicted molar refractivity (Wildman–Crippen MR) is 209 cm³/mol. The van der Waals surface area contributed by atoms with Gasteiger partial charge in [0.15, 0.2) is 5.82 Å². The van der Waals surface area contributed by atoms with Crippen LogP contribution in [0.15, 0.2) is 72.9 Å². The lowest BCUT2D eigenvalue weighted by molar-refractivity contribution is -0.134. The van der Waals surface area contributed by atoms with E-state index in [-0.39, 0.29) is 17.9 Å². The Morgan fingerprint density at radius 2 is 1.78 bits per heavy atom. The molecule has 6 aromatic rings. The van der Waals surface area contributed by atoms with Crippen LogP contribution in [-0.2, 0) is 23.2 Å². The molecule has 0 saturated carbocycles. The molecule has 2 aliphatic heterocycles. The molecule has 11 heteroatoms. The number of pyridine rings is 1. The van der Waals surface area contributed by atoms with Gasteiger partial charge in [0.05, 0.1) is 46.2 Å². The molecular weight excluding hydrogens is 675 g/mol. The number of rotatable bonds is 8. The molecule has 0 bridgehead atoms. The van der Waals surface area contributed by atoms with Crippen LogP contribution < -0.4 is 10.6 Å². The highest BCUT2D eigenvalue weighted by molar-refractivity contribution is 6.02. The van der Waals surface area contributed by atoms with E-state index in [1.165, 1.54) is 11.1 Å². The first-order valence-electron chi connectivity index (χ1n) is 18.7. The van der Waals surface area contributed by atoms with Gasteiger partial charge in [0.1, 0.15) is 0 Å². The summed E-state index contributed by atoms with van der Waals surface area (Å²) in [7, 11) is 1.93. The number of amides is 2. The standard InChI is InChI=1S/C43H43N9O2/c1-25-32(22-44)9-6-10-33(25)26(2)46-42-36-21-38(45-23-37(36)27(3)48-49-42)31-8-5-7-28(19-31)24-52-17-15-29(16-18-52)30-11-12-34-39(20-30)51(4)50-41(34)35-13-14-40(53)47-43(35)54/h5-12,19-21,23,26,29,35H,13-18,24H2,1-4H3,(H,46,49)(H,47,53,54). The van der Waals surface area contributed by atoms with E-state index in [4.69, 9.17) is 10.1 Å². The van der Waals surface area contributed by atoms with Crippen molar-refractivity contribution in [2.24, 2.45) is 7.05 Å². The van der Waals surface area contributed by atoms with Crippen LogP contribution in [0.3, 0.4) is 0 Å². The van der Waals surface area contributed by atoms with Crippen molar-refractivity contribution in [2.45, 2.75) is 70.9 Å². The number of benzene rings is 3. The van der Waals surface area contributed by atoms with Gasteiger partial charge in [-0.3, -0.25) is 29.5 Å². The topological polar surface area (TPSA) is 142 Å². The van der Waals surface area contributed by atoms with E-state index in [1.807, 2.05) is 50.0 Å². The first-order valence-corrected chi connectivity index (χ1v) is 18.7. The minimum Gasteiger partial charge on any atom is -0.362 e. The second-order valence-electron chi connectivity index (χ2n) is 14.8.